The Balaban J connectivity index is 2.75. The Bertz CT molecular complexity index is 439. The van der Waals surface area contributed by atoms with Gasteiger partial charge in [-0.15, -0.1) is 0 Å². The normalized spacial score (nSPS) is 19.4. The summed E-state index contributed by atoms with van der Waals surface area (Å²) in [4.78, 5) is 0. The number of aromatic nitrogens is 1. The van der Waals surface area contributed by atoms with Gasteiger partial charge in [0.1, 0.15) is 0 Å². The zero-order valence-electron chi connectivity index (χ0n) is 6.93. The first kappa shape index (κ1) is 8.50. The van der Waals surface area contributed by atoms with Crippen molar-refractivity contribution in [2.24, 2.45) is 0 Å². The van der Waals surface area contributed by atoms with E-state index < -0.39 is 9.84 Å². The minimum Gasteiger partial charge on any atom is -0.618 e. The number of nitrogens with zero attached hydrogens (tertiary/aromatic N) is 1. The maximum atomic E-state index is 11.5. The molecule has 4 nitrogen and oxygen atoms in total. The van der Waals surface area contributed by atoms with Crippen LogP contribution in [0.4, 0.5) is 0 Å². The van der Waals surface area contributed by atoms with Crippen molar-refractivity contribution in [1.82, 2.24) is 0 Å². The maximum Gasteiger partial charge on any atom is 0.311 e. The molecule has 0 atom stereocenters. The highest BCUT2D eigenvalue weighted by Crippen LogP contribution is 2.20. The summed E-state index contributed by atoms with van der Waals surface area (Å²) >= 11 is 0. The first-order valence-corrected chi connectivity index (χ1v) is 5.70. The number of pyridine rings is 1. The molecule has 0 fully saturated rings. The van der Waals surface area contributed by atoms with Gasteiger partial charge in [0, 0.05) is 11.6 Å². The van der Waals surface area contributed by atoms with E-state index in [1.165, 1.54) is 6.20 Å². The van der Waals surface area contributed by atoms with Crippen LogP contribution in [0.15, 0.2) is 23.4 Å². The second-order valence-corrected chi connectivity index (χ2v) is 5.11. The van der Waals surface area contributed by atoms with Crippen LogP contribution in [0.5, 0.6) is 0 Å². The molecule has 0 saturated carbocycles. The van der Waals surface area contributed by atoms with Crippen LogP contribution >= 0.6 is 0 Å². The highest BCUT2D eigenvalue weighted by atomic mass is 32.2. The van der Waals surface area contributed by atoms with Crippen molar-refractivity contribution in [1.29, 1.82) is 0 Å². The van der Waals surface area contributed by atoms with Crippen LogP contribution in [0.1, 0.15) is 12.0 Å². The molecule has 13 heavy (non-hydrogen) atoms. The monoisotopic (exact) mass is 199 g/mol. The van der Waals surface area contributed by atoms with Gasteiger partial charge in [0.15, 0.2) is 6.20 Å². The molecule has 1 aliphatic rings. The Hall–Kier alpha value is -1.10. The summed E-state index contributed by atoms with van der Waals surface area (Å²) in [5.41, 5.74) is 0.642. The number of fused-ring (bicyclic) bond motifs is 1. The standard InChI is InChI=1S/C8H9NO3S/c10-9-5-1-3-7-4-2-6-13(11,12)8(7)9/h1,3,5H,2,4,6H2. The molecule has 0 aromatic carbocycles. The average molecular weight is 199 g/mol. The summed E-state index contributed by atoms with van der Waals surface area (Å²) in [5.74, 6) is 0.0895. The fraction of sp³-hybridized carbons (Fsp3) is 0.375. The summed E-state index contributed by atoms with van der Waals surface area (Å²) in [6.45, 7) is 0. The highest BCUT2D eigenvalue weighted by Gasteiger charge is 2.31. The Kier molecular flexibility index (Phi) is 1.76. The van der Waals surface area contributed by atoms with Crippen molar-refractivity contribution in [3.8, 4) is 0 Å². The molecule has 1 aliphatic heterocycles. The van der Waals surface area contributed by atoms with Gasteiger partial charge in [-0.05, 0) is 18.9 Å². The van der Waals surface area contributed by atoms with E-state index >= 15 is 0 Å². The largest absolute Gasteiger partial charge is 0.618 e. The second-order valence-electron chi connectivity index (χ2n) is 3.09. The van der Waals surface area contributed by atoms with E-state index in [0.717, 1.165) is 0 Å². The van der Waals surface area contributed by atoms with Crippen LogP contribution in [0.3, 0.4) is 0 Å². The molecule has 0 saturated heterocycles. The predicted octanol–water partition coefficient (Wildman–Crippen LogP) is 0.0399. The summed E-state index contributed by atoms with van der Waals surface area (Å²) in [7, 11) is -3.32. The molecular weight excluding hydrogens is 190 g/mol. The van der Waals surface area contributed by atoms with Crippen LogP contribution in [0.25, 0.3) is 0 Å². The van der Waals surface area contributed by atoms with Crippen LogP contribution in [0.2, 0.25) is 0 Å². The third-order valence-corrected chi connectivity index (χ3v) is 4.00. The van der Waals surface area contributed by atoms with Crippen LogP contribution in [-0.2, 0) is 16.3 Å². The molecular formula is C8H9NO3S. The molecule has 0 amide bonds. The second kappa shape index (κ2) is 2.70. The van der Waals surface area contributed by atoms with E-state index in [1.807, 2.05) is 0 Å². The highest BCUT2D eigenvalue weighted by molar-refractivity contribution is 7.91. The number of sulfone groups is 1. The molecule has 70 valence electrons. The smallest absolute Gasteiger partial charge is 0.311 e. The number of hydrogen-bond donors (Lipinski definition) is 0. The minimum absolute atomic E-state index is 0.0544. The van der Waals surface area contributed by atoms with Gasteiger partial charge in [0.2, 0.25) is 9.84 Å². The van der Waals surface area contributed by atoms with E-state index in [2.05, 4.69) is 0 Å². The Morgan fingerprint density at radius 1 is 1.46 bits per heavy atom. The van der Waals surface area contributed by atoms with Crippen LogP contribution in [-0.4, -0.2) is 14.2 Å². The summed E-state index contributed by atoms with van der Waals surface area (Å²) < 4.78 is 23.4. The number of hydrogen-bond acceptors (Lipinski definition) is 3. The van der Waals surface area contributed by atoms with Crippen LogP contribution in [0, 0.1) is 5.21 Å². The third-order valence-electron chi connectivity index (χ3n) is 2.15. The first-order valence-electron chi connectivity index (χ1n) is 4.05. The van der Waals surface area contributed by atoms with Crippen molar-refractivity contribution >= 4 is 9.84 Å². The molecule has 0 spiro atoms. The van der Waals surface area contributed by atoms with Crippen molar-refractivity contribution in [3.05, 3.63) is 29.1 Å². The molecule has 2 rings (SSSR count). The number of aryl methyl sites for hydroxylation is 1. The zero-order chi connectivity index (χ0) is 9.47. The lowest BCUT2D eigenvalue weighted by atomic mass is 10.2. The van der Waals surface area contributed by atoms with Crippen molar-refractivity contribution in [2.45, 2.75) is 17.9 Å². The first-order chi connectivity index (χ1) is 6.11. The van der Waals surface area contributed by atoms with Gasteiger partial charge < -0.3 is 5.21 Å². The van der Waals surface area contributed by atoms with Gasteiger partial charge in [-0.25, -0.2) is 8.42 Å². The fourth-order valence-corrected chi connectivity index (χ4v) is 3.22. The topological polar surface area (TPSA) is 61.1 Å². The lowest BCUT2D eigenvalue weighted by molar-refractivity contribution is -0.647. The molecule has 0 N–H and O–H groups in total. The van der Waals surface area contributed by atoms with Gasteiger partial charge in [-0.3, -0.25) is 0 Å². The van der Waals surface area contributed by atoms with Crippen molar-refractivity contribution < 1.29 is 13.1 Å². The van der Waals surface area contributed by atoms with E-state index in [9.17, 15) is 13.6 Å². The number of rotatable bonds is 0. The van der Waals surface area contributed by atoms with Crippen LogP contribution < -0.4 is 4.73 Å². The zero-order valence-corrected chi connectivity index (χ0v) is 7.75. The van der Waals surface area contributed by atoms with Gasteiger partial charge in [0.25, 0.3) is 0 Å². The SMILES string of the molecule is O=S1(=O)CCCc2ccc[n+]([O-])c21. The molecule has 0 bridgehead atoms. The van der Waals surface area contributed by atoms with Gasteiger partial charge in [-0.1, -0.05) is 0 Å². The maximum absolute atomic E-state index is 11.5. The lowest BCUT2D eigenvalue weighted by Crippen LogP contribution is -2.37. The average Bonchev–Trinajstić information content (AvgIpc) is 2.02. The van der Waals surface area contributed by atoms with E-state index in [1.54, 1.807) is 12.1 Å². The molecule has 1 aromatic rings. The van der Waals surface area contributed by atoms with E-state index in [4.69, 9.17) is 0 Å². The minimum atomic E-state index is -3.32. The Morgan fingerprint density at radius 3 is 2.92 bits per heavy atom. The predicted molar refractivity (Wildman–Crippen MR) is 45.8 cm³/mol. The summed E-state index contributed by atoms with van der Waals surface area (Å²) in [6, 6.07) is 3.27. The van der Waals surface area contributed by atoms with Crippen molar-refractivity contribution in [2.75, 3.05) is 5.75 Å². The quantitative estimate of drug-likeness (QED) is 0.438. The molecule has 5 heteroatoms. The summed E-state index contributed by atoms with van der Waals surface area (Å²) in [5, 5.41) is 11.2. The lowest BCUT2D eigenvalue weighted by Gasteiger charge is -2.13. The molecule has 0 radical (unpaired) electrons. The molecule has 0 aliphatic carbocycles. The van der Waals surface area contributed by atoms with Gasteiger partial charge in [-0.2, -0.15) is 4.73 Å². The van der Waals surface area contributed by atoms with E-state index in [0.29, 0.717) is 23.1 Å². The van der Waals surface area contributed by atoms with Gasteiger partial charge >= 0.3 is 5.03 Å². The Labute approximate surface area is 76.3 Å². The molecule has 1 aromatic heterocycles. The van der Waals surface area contributed by atoms with Gasteiger partial charge in [0.05, 0.1) is 5.75 Å². The summed E-state index contributed by atoms with van der Waals surface area (Å²) in [6.07, 6.45) is 2.51. The molecule has 0 unspecified atom stereocenters. The Morgan fingerprint density at radius 2 is 2.23 bits per heavy atom. The van der Waals surface area contributed by atoms with E-state index in [-0.39, 0.29) is 10.8 Å². The molecule has 2 heterocycles. The van der Waals surface area contributed by atoms with Crippen molar-refractivity contribution in [3.63, 3.8) is 0 Å². The third kappa shape index (κ3) is 1.29. The fourth-order valence-electron chi connectivity index (χ4n) is 1.59.